The number of hydrogen-bond acceptors (Lipinski definition) is 5. The quantitative estimate of drug-likeness (QED) is 0.725. The predicted octanol–water partition coefficient (Wildman–Crippen LogP) is 3.94. The van der Waals surface area contributed by atoms with Gasteiger partial charge in [0.2, 0.25) is 0 Å². The average Bonchev–Trinajstić information content (AvgIpc) is 3.05. The summed E-state index contributed by atoms with van der Waals surface area (Å²) in [6.45, 7) is 5.51. The second-order valence-corrected chi connectivity index (χ2v) is 9.25. The van der Waals surface area contributed by atoms with E-state index >= 15 is 0 Å². The minimum Gasteiger partial charge on any atom is -0.462 e. The van der Waals surface area contributed by atoms with E-state index in [1.54, 1.807) is 0 Å². The molecule has 4 aliphatic rings. The van der Waals surface area contributed by atoms with Crippen LogP contribution < -0.4 is 4.90 Å². The Morgan fingerprint density at radius 3 is 2.79 bits per heavy atom. The third kappa shape index (κ3) is 3.70. The molecule has 3 heterocycles. The van der Waals surface area contributed by atoms with Crippen molar-refractivity contribution in [3.8, 4) is 0 Å². The summed E-state index contributed by atoms with van der Waals surface area (Å²) in [5.74, 6) is 2.24. The van der Waals surface area contributed by atoms with Gasteiger partial charge >= 0.3 is 5.97 Å². The van der Waals surface area contributed by atoms with Crippen LogP contribution in [0.4, 0.5) is 5.69 Å². The summed E-state index contributed by atoms with van der Waals surface area (Å²) in [7, 11) is 0. The van der Waals surface area contributed by atoms with E-state index < -0.39 is 0 Å². The van der Waals surface area contributed by atoms with E-state index in [2.05, 4.69) is 36.1 Å². The predicted molar refractivity (Wildman–Crippen MR) is 112 cm³/mol. The molecule has 1 aromatic rings. The number of carbonyl (C=O) groups is 1. The summed E-state index contributed by atoms with van der Waals surface area (Å²) in [5, 5.41) is 0. The lowest BCUT2D eigenvalue weighted by Crippen LogP contribution is -2.42. The Morgan fingerprint density at radius 2 is 2.00 bits per heavy atom. The van der Waals surface area contributed by atoms with Crippen molar-refractivity contribution in [1.82, 2.24) is 4.98 Å². The van der Waals surface area contributed by atoms with E-state index in [4.69, 9.17) is 14.5 Å². The lowest BCUT2D eigenvalue weighted by molar-refractivity contribution is -0.144. The summed E-state index contributed by atoms with van der Waals surface area (Å²) in [5.41, 5.74) is 2.16. The van der Waals surface area contributed by atoms with E-state index in [9.17, 15) is 4.79 Å². The number of morpholine rings is 1. The molecule has 2 aliphatic heterocycles. The highest BCUT2D eigenvalue weighted by Gasteiger charge is 2.53. The number of aromatic nitrogens is 1. The number of pyridine rings is 1. The third-order valence-electron chi connectivity index (χ3n) is 7.71. The highest BCUT2D eigenvalue weighted by molar-refractivity contribution is 5.75. The van der Waals surface area contributed by atoms with Crippen molar-refractivity contribution in [2.75, 3.05) is 31.2 Å². The monoisotopic (exact) mass is 396 g/mol. The molecule has 2 saturated carbocycles. The van der Waals surface area contributed by atoms with Crippen molar-refractivity contribution < 1.29 is 14.3 Å². The van der Waals surface area contributed by atoms with Crippen LogP contribution in [0.25, 0.3) is 6.08 Å². The van der Waals surface area contributed by atoms with Crippen molar-refractivity contribution in [2.24, 2.45) is 29.6 Å². The van der Waals surface area contributed by atoms with Gasteiger partial charge in [-0.25, -0.2) is 0 Å². The number of allylic oxidation sites excluding steroid dienone is 1. The minimum atomic E-state index is 0.0293. The van der Waals surface area contributed by atoms with Crippen LogP contribution in [0.2, 0.25) is 0 Å². The number of rotatable bonds is 3. The molecule has 2 saturated heterocycles. The minimum absolute atomic E-state index is 0.0293. The molecule has 29 heavy (non-hydrogen) atoms. The van der Waals surface area contributed by atoms with Gasteiger partial charge < -0.3 is 14.4 Å². The van der Waals surface area contributed by atoms with Gasteiger partial charge in [-0.2, -0.15) is 0 Å². The number of fused-ring (bicyclic) bond motifs is 2. The Bertz CT molecular complexity index is 756. The van der Waals surface area contributed by atoms with Crippen LogP contribution in [-0.4, -0.2) is 43.4 Å². The van der Waals surface area contributed by atoms with Gasteiger partial charge in [0.05, 0.1) is 36.7 Å². The van der Waals surface area contributed by atoms with Crippen LogP contribution in [-0.2, 0) is 14.3 Å². The van der Waals surface area contributed by atoms with Gasteiger partial charge in [0.25, 0.3) is 0 Å². The van der Waals surface area contributed by atoms with Crippen LogP contribution in [0.3, 0.4) is 0 Å². The second kappa shape index (κ2) is 8.10. The molecule has 0 unspecified atom stereocenters. The number of esters is 1. The van der Waals surface area contributed by atoms with Crippen molar-refractivity contribution in [2.45, 2.75) is 45.1 Å². The number of anilines is 1. The second-order valence-electron chi connectivity index (χ2n) is 9.25. The lowest BCUT2D eigenvalue weighted by atomic mass is 9.57. The summed E-state index contributed by atoms with van der Waals surface area (Å²) in [4.78, 5) is 19.4. The van der Waals surface area contributed by atoms with Crippen LogP contribution in [0, 0.1) is 29.6 Å². The molecular formula is C24H32N2O3. The molecule has 0 spiro atoms. The fourth-order valence-corrected chi connectivity index (χ4v) is 6.30. The first-order valence-corrected chi connectivity index (χ1v) is 11.4. The average molecular weight is 397 g/mol. The highest BCUT2D eigenvalue weighted by Crippen LogP contribution is 2.53. The summed E-state index contributed by atoms with van der Waals surface area (Å²) < 4.78 is 11.1. The van der Waals surface area contributed by atoms with Crippen LogP contribution in [0.5, 0.6) is 0 Å². The molecule has 5 heteroatoms. The zero-order valence-corrected chi connectivity index (χ0v) is 17.3. The molecule has 2 aliphatic carbocycles. The van der Waals surface area contributed by atoms with Gasteiger partial charge in [-0.05, 0) is 55.7 Å². The Balaban J connectivity index is 1.35. The molecule has 5 rings (SSSR count). The maximum absolute atomic E-state index is 12.4. The molecule has 4 fully saturated rings. The molecule has 5 nitrogen and oxygen atoms in total. The lowest BCUT2D eigenvalue weighted by Gasteiger charge is -2.45. The van der Waals surface area contributed by atoms with E-state index in [-0.39, 0.29) is 18.0 Å². The molecular weight excluding hydrogens is 364 g/mol. The van der Waals surface area contributed by atoms with E-state index in [1.165, 1.54) is 31.4 Å². The normalized spacial score (nSPS) is 37.3. The van der Waals surface area contributed by atoms with Crippen molar-refractivity contribution in [1.29, 1.82) is 0 Å². The molecule has 1 aromatic heterocycles. The van der Waals surface area contributed by atoms with Gasteiger partial charge in [0, 0.05) is 19.0 Å². The Labute approximate surface area is 173 Å². The first kappa shape index (κ1) is 19.1. The summed E-state index contributed by atoms with van der Waals surface area (Å²) in [6, 6.07) is 4.27. The first-order valence-electron chi connectivity index (χ1n) is 11.4. The van der Waals surface area contributed by atoms with Gasteiger partial charge in [0.15, 0.2) is 0 Å². The number of nitrogens with zero attached hydrogens (tertiary/aromatic N) is 2. The number of ether oxygens (including phenoxy) is 2. The number of hydrogen-bond donors (Lipinski definition) is 0. The molecule has 0 amide bonds. The first-order chi connectivity index (χ1) is 14.2. The zero-order chi connectivity index (χ0) is 19.8. The van der Waals surface area contributed by atoms with Gasteiger partial charge in [0.1, 0.15) is 6.10 Å². The van der Waals surface area contributed by atoms with E-state index in [0.29, 0.717) is 23.7 Å². The smallest absolute Gasteiger partial charge is 0.309 e. The maximum Gasteiger partial charge on any atom is 0.309 e. The molecule has 0 bridgehead atoms. The third-order valence-corrected chi connectivity index (χ3v) is 7.71. The van der Waals surface area contributed by atoms with Crippen LogP contribution in [0.15, 0.2) is 24.4 Å². The fraction of sp³-hybridized carbons (Fsp3) is 0.667. The van der Waals surface area contributed by atoms with Gasteiger partial charge in [-0.15, -0.1) is 0 Å². The van der Waals surface area contributed by atoms with Crippen molar-refractivity contribution >= 4 is 17.7 Å². The number of cyclic esters (lactones) is 1. The van der Waals surface area contributed by atoms with Crippen LogP contribution in [0.1, 0.15) is 44.7 Å². The molecule has 156 valence electrons. The Kier molecular flexibility index (Phi) is 5.33. The molecule has 0 N–H and O–H groups in total. The molecule has 0 radical (unpaired) electrons. The molecule has 0 aromatic carbocycles. The fourth-order valence-electron chi connectivity index (χ4n) is 6.30. The van der Waals surface area contributed by atoms with Crippen molar-refractivity contribution in [3.63, 3.8) is 0 Å². The van der Waals surface area contributed by atoms with Crippen molar-refractivity contribution in [3.05, 3.63) is 30.1 Å². The van der Waals surface area contributed by atoms with Gasteiger partial charge in [-0.1, -0.05) is 25.3 Å². The Hall–Kier alpha value is -1.88. The highest BCUT2D eigenvalue weighted by atomic mass is 16.6. The summed E-state index contributed by atoms with van der Waals surface area (Å²) >= 11 is 0. The maximum atomic E-state index is 12.4. The molecule has 6 atom stereocenters. The summed E-state index contributed by atoms with van der Waals surface area (Å²) in [6.07, 6.45) is 12.8. The van der Waals surface area contributed by atoms with E-state index in [0.717, 1.165) is 38.4 Å². The Morgan fingerprint density at radius 1 is 1.17 bits per heavy atom. The van der Waals surface area contributed by atoms with Crippen LogP contribution >= 0.6 is 0 Å². The number of carbonyl (C=O) groups excluding carboxylic acids is 1. The zero-order valence-electron chi connectivity index (χ0n) is 17.3. The topological polar surface area (TPSA) is 51.7 Å². The van der Waals surface area contributed by atoms with E-state index in [1.807, 2.05) is 6.20 Å². The van der Waals surface area contributed by atoms with Gasteiger partial charge in [-0.3, -0.25) is 9.78 Å². The standard InChI is InChI=1S/C24H32N2O3/c1-16-23-21(20-5-3-2-4-17(20)14-22(23)24(27)29-16)9-7-18-6-8-19(15-25-18)26-10-12-28-13-11-26/h6-9,15-17,20-23H,2-5,10-14H2,1H3/b9-7+/t16-,17+,20-,21+,22-,23+/m1/s1. The largest absolute Gasteiger partial charge is 0.462 e. The SMILES string of the molecule is C[C@H]1OC(=O)[C@@H]2C[C@@H]3CCCC[C@H]3[C@H](/C=C/c3ccc(N4CCOCC4)cn3)[C@H]12.